The van der Waals surface area contributed by atoms with Crippen LogP contribution in [0.1, 0.15) is 90.9 Å². The van der Waals surface area contributed by atoms with E-state index in [9.17, 15) is 0 Å². The molecule has 0 aliphatic rings. The van der Waals surface area contributed by atoms with Gasteiger partial charge in [0.15, 0.2) is 0 Å². The van der Waals surface area contributed by atoms with Crippen molar-refractivity contribution in [2.75, 3.05) is 13.1 Å². The minimum absolute atomic E-state index is 1.10. The van der Waals surface area contributed by atoms with Crippen molar-refractivity contribution in [2.45, 2.75) is 90.9 Å². The van der Waals surface area contributed by atoms with Gasteiger partial charge in [0, 0.05) is 0 Å². The van der Waals surface area contributed by atoms with Crippen LogP contribution in [0.4, 0.5) is 0 Å². The van der Waals surface area contributed by atoms with Gasteiger partial charge in [-0.1, -0.05) is 0 Å². The zero-order valence-electron chi connectivity index (χ0n) is 14.1. The second-order valence-electron chi connectivity index (χ2n) is 5.87. The van der Waals surface area contributed by atoms with E-state index < -0.39 is 0 Å². The van der Waals surface area contributed by atoms with Gasteiger partial charge in [-0.15, -0.1) is 0 Å². The van der Waals surface area contributed by atoms with Crippen molar-refractivity contribution >= 4 is 26.0 Å². The van der Waals surface area contributed by atoms with Crippen molar-refractivity contribution in [3.8, 4) is 0 Å². The Labute approximate surface area is 153 Å². The van der Waals surface area contributed by atoms with Gasteiger partial charge in [-0.25, -0.2) is 0 Å². The molecule has 0 bridgehead atoms. The molecule has 0 aromatic carbocycles. The summed E-state index contributed by atoms with van der Waals surface area (Å²) in [7, 11) is 1.74. The SMILES string of the molecule is CCCCCCCCN(CCCCCCCC)C(=S)[S][Mo]. The Bertz CT molecular complexity index is 221. The fourth-order valence-electron chi connectivity index (χ4n) is 2.51. The first-order valence-corrected chi connectivity index (χ1v) is 12.5. The number of unbranched alkanes of at least 4 members (excludes halogenated alkanes) is 10. The van der Waals surface area contributed by atoms with E-state index in [-0.39, 0.29) is 0 Å². The number of rotatable bonds is 14. The van der Waals surface area contributed by atoms with Crippen LogP contribution in [0.25, 0.3) is 0 Å². The molecule has 0 atom stereocenters. The minimum atomic E-state index is 1.10. The molecular formula is C17H34MoNS2. The fraction of sp³-hybridized carbons (Fsp3) is 0.941. The summed E-state index contributed by atoms with van der Waals surface area (Å²) in [5, 5.41) is 0. The molecule has 0 spiro atoms. The molecule has 125 valence electrons. The summed E-state index contributed by atoms with van der Waals surface area (Å²) < 4.78 is 1.10. The van der Waals surface area contributed by atoms with E-state index in [1.54, 1.807) is 9.47 Å². The molecule has 0 aliphatic heterocycles. The maximum atomic E-state index is 5.51. The maximum absolute atomic E-state index is 5.51. The molecule has 0 radical (unpaired) electrons. The molecule has 0 amide bonds. The summed E-state index contributed by atoms with van der Waals surface area (Å²) >= 11 is 7.55. The number of nitrogens with zero attached hydrogens (tertiary/aromatic N) is 1. The summed E-state index contributed by atoms with van der Waals surface area (Å²) in [6, 6.07) is 0. The van der Waals surface area contributed by atoms with E-state index in [1.165, 1.54) is 90.1 Å². The van der Waals surface area contributed by atoms with Crippen molar-refractivity contribution in [1.82, 2.24) is 4.90 Å². The summed E-state index contributed by atoms with van der Waals surface area (Å²) in [5.74, 6) is 0. The van der Waals surface area contributed by atoms with Crippen LogP contribution in [0.2, 0.25) is 0 Å². The Morgan fingerprint density at radius 3 is 1.52 bits per heavy atom. The normalized spacial score (nSPS) is 10.8. The summed E-state index contributed by atoms with van der Waals surface area (Å²) in [4.78, 5) is 2.45. The van der Waals surface area contributed by atoms with E-state index in [4.69, 9.17) is 12.2 Å². The molecule has 0 N–H and O–H groups in total. The molecule has 0 aromatic rings. The molecule has 1 nitrogen and oxygen atoms in total. The van der Waals surface area contributed by atoms with E-state index in [0.29, 0.717) is 0 Å². The van der Waals surface area contributed by atoms with E-state index >= 15 is 0 Å². The molecule has 4 heteroatoms. The number of hydrogen-bond donors (Lipinski definition) is 0. The van der Waals surface area contributed by atoms with Crippen molar-refractivity contribution in [1.29, 1.82) is 0 Å². The molecule has 0 aliphatic carbocycles. The molecular weight excluding hydrogens is 378 g/mol. The van der Waals surface area contributed by atoms with Gasteiger partial charge < -0.3 is 0 Å². The third kappa shape index (κ3) is 14.3. The third-order valence-electron chi connectivity index (χ3n) is 3.89. The van der Waals surface area contributed by atoms with Gasteiger partial charge in [0.05, 0.1) is 0 Å². The van der Waals surface area contributed by atoms with Crippen LogP contribution in [0.15, 0.2) is 0 Å². The predicted molar refractivity (Wildman–Crippen MR) is 98.5 cm³/mol. The first kappa shape index (κ1) is 21.9. The molecule has 21 heavy (non-hydrogen) atoms. The van der Waals surface area contributed by atoms with Crippen molar-refractivity contribution in [3.05, 3.63) is 0 Å². The topological polar surface area (TPSA) is 3.24 Å². The van der Waals surface area contributed by atoms with Crippen LogP contribution in [-0.4, -0.2) is 22.3 Å². The summed E-state index contributed by atoms with van der Waals surface area (Å²) in [6.45, 7) is 6.89. The van der Waals surface area contributed by atoms with E-state index in [2.05, 4.69) is 18.7 Å². The molecule has 0 fully saturated rings. The quantitative estimate of drug-likeness (QED) is 0.182. The van der Waals surface area contributed by atoms with Crippen molar-refractivity contribution in [2.24, 2.45) is 0 Å². The van der Waals surface area contributed by atoms with Crippen LogP contribution in [0.3, 0.4) is 0 Å². The van der Waals surface area contributed by atoms with Gasteiger partial charge in [-0.05, 0) is 0 Å². The van der Waals surface area contributed by atoms with Gasteiger partial charge in [0.25, 0.3) is 0 Å². The van der Waals surface area contributed by atoms with Gasteiger partial charge in [-0.2, -0.15) is 0 Å². The van der Waals surface area contributed by atoms with E-state index in [1.807, 2.05) is 18.5 Å². The molecule has 0 unspecified atom stereocenters. The van der Waals surface area contributed by atoms with Crippen LogP contribution in [-0.2, 0) is 18.5 Å². The first-order valence-electron chi connectivity index (χ1n) is 8.85. The molecule has 0 saturated carbocycles. The monoisotopic (exact) mass is 414 g/mol. The third-order valence-corrected chi connectivity index (χ3v) is 6.81. The van der Waals surface area contributed by atoms with Crippen LogP contribution in [0, 0.1) is 0 Å². The Morgan fingerprint density at radius 1 is 0.762 bits per heavy atom. The Balaban J connectivity index is 3.70. The Kier molecular flexibility index (Phi) is 18.0. The van der Waals surface area contributed by atoms with Gasteiger partial charge in [-0.3, -0.25) is 0 Å². The van der Waals surface area contributed by atoms with Gasteiger partial charge in [0.1, 0.15) is 0 Å². The number of hydrogen-bond acceptors (Lipinski definition) is 2. The van der Waals surface area contributed by atoms with E-state index in [0.717, 1.165) is 4.32 Å². The fourth-order valence-corrected chi connectivity index (χ4v) is 3.76. The first-order chi connectivity index (χ1) is 10.3. The van der Waals surface area contributed by atoms with Crippen molar-refractivity contribution < 1.29 is 18.5 Å². The second kappa shape index (κ2) is 17.3. The molecule has 0 saturated heterocycles. The zero-order valence-corrected chi connectivity index (χ0v) is 17.7. The Hall–Kier alpha value is 0.928. The summed E-state index contributed by atoms with van der Waals surface area (Å²) in [6.07, 6.45) is 16.4. The molecule has 0 heterocycles. The van der Waals surface area contributed by atoms with Gasteiger partial charge >= 0.3 is 153 Å². The van der Waals surface area contributed by atoms with Crippen LogP contribution < -0.4 is 0 Å². The Morgan fingerprint density at radius 2 is 1.14 bits per heavy atom. The van der Waals surface area contributed by atoms with Crippen molar-refractivity contribution in [3.63, 3.8) is 0 Å². The second-order valence-corrected chi connectivity index (χ2v) is 8.30. The zero-order chi connectivity index (χ0) is 15.8. The van der Waals surface area contributed by atoms with Crippen LogP contribution in [0.5, 0.6) is 0 Å². The number of thiocarbonyl (C=S) groups is 1. The average Bonchev–Trinajstić information content (AvgIpc) is 2.51. The molecule has 0 rings (SSSR count). The van der Waals surface area contributed by atoms with Crippen LogP contribution >= 0.6 is 21.7 Å². The molecule has 0 aromatic heterocycles. The predicted octanol–water partition coefficient (Wildman–Crippen LogP) is 6.49. The summed E-state index contributed by atoms with van der Waals surface area (Å²) in [5.41, 5.74) is 0. The average molecular weight is 413 g/mol. The standard InChI is InChI=1S/C17H35NS2.Mo/c1-3-5-7-9-11-13-15-18(17(19)20)16-14-12-10-8-6-4-2;/h3-16H2,1-2H3,(H,19,20);/q;+1/p-1. The van der Waals surface area contributed by atoms with Gasteiger partial charge in [0.2, 0.25) is 0 Å².